The molecule has 0 amide bonds. The summed E-state index contributed by atoms with van der Waals surface area (Å²) < 4.78 is 26.2. The smallest absolute Gasteiger partial charge is 0.188 e. The van der Waals surface area contributed by atoms with Crippen LogP contribution in [0.1, 0.15) is 25.7 Å². The fourth-order valence-corrected chi connectivity index (χ4v) is 11.4. The van der Waals surface area contributed by atoms with Gasteiger partial charge in [0.05, 0.1) is 12.2 Å². The summed E-state index contributed by atoms with van der Waals surface area (Å²) in [4.78, 5) is 0. The van der Waals surface area contributed by atoms with Gasteiger partial charge in [0.1, 0.15) is 11.2 Å². The topological polar surface area (TPSA) is 43.5 Å². The van der Waals surface area contributed by atoms with Crippen LogP contribution < -0.4 is 0 Å². The third-order valence-corrected chi connectivity index (χ3v) is 11.2. The van der Waals surface area contributed by atoms with Gasteiger partial charge in [-0.05, 0) is 61.2 Å². The van der Waals surface area contributed by atoms with E-state index in [1.807, 2.05) is 0 Å². The van der Waals surface area contributed by atoms with E-state index in [1.54, 1.807) is 0 Å². The Morgan fingerprint density at radius 2 is 1.04 bits per heavy atom. The molecule has 4 nitrogen and oxygen atoms in total. The molecule has 10 aliphatic rings. The number of ether oxygens (including phenoxy) is 4. The highest BCUT2D eigenvalue weighted by atomic mass is 16.8. The van der Waals surface area contributed by atoms with Gasteiger partial charge in [0, 0.05) is 23.7 Å². The SMILES string of the molecule is C1C[C@H]2O[C@H]3O[C@@]34[C@@H]3[C@H]2[C@@H]1[C@@H]1[C@H]3[C@H]2[C@H]3[C@H]5[C@H](CC[C@@H]5O[C@@H]5O[C@@]531)[C@@H]24. The van der Waals surface area contributed by atoms with Crippen LogP contribution >= 0.6 is 0 Å². The van der Waals surface area contributed by atoms with E-state index in [-0.39, 0.29) is 23.8 Å². The van der Waals surface area contributed by atoms with E-state index in [2.05, 4.69) is 0 Å². The van der Waals surface area contributed by atoms with Crippen LogP contribution in [0.25, 0.3) is 0 Å². The molecule has 0 bridgehead atoms. The van der Waals surface area contributed by atoms with E-state index in [0.717, 1.165) is 59.2 Å². The van der Waals surface area contributed by atoms with Gasteiger partial charge in [0.2, 0.25) is 0 Å². The average Bonchev–Trinajstić information content (AvgIpc) is 3.01. The van der Waals surface area contributed by atoms with Gasteiger partial charge in [-0.15, -0.1) is 0 Å². The van der Waals surface area contributed by atoms with Crippen LogP contribution in [0.5, 0.6) is 0 Å². The highest BCUT2D eigenvalue weighted by Gasteiger charge is 2.96. The molecule has 4 heterocycles. The van der Waals surface area contributed by atoms with Crippen LogP contribution in [0.4, 0.5) is 0 Å². The first-order valence-electron chi connectivity index (χ1n) is 10.5. The van der Waals surface area contributed by atoms with Crippen LogP contribution in [0.15, 0.2) is 0 Å². The molecule has 0 N–H and O–H groups in total. The Bertz CT molecular complexity index is 692. The number of fused-ring (bicyclic) bond motifs is 2. The van der Waals surface area contributed by atoms with Crippen molar-refractivity contribution in [3.05, 3.63) is 0 Å². The molecule has 0 aromatic carbocycles. The first kappa shape index (κ1) is 11.5. The highest BCUT2D eigenvalue weighted by molar-refractivity contribution is 5.40. The molecule has 6 aliphatic carbocycles. The molecule has 10 rings (SSSR count). The molecule has 6 saturated carbocycles. The molecule has 0 aromatic heterocycles. The predicted octanol–water partition coefficient (Wildman–Crippen LogP) is 1.78. The zero-order valence-corrected chi connectivity index (χ0v) is 13.5. The summed E-state index contributed by atoms with van der Waals surface area (Å²) in [5.74, 6) is 8.14. The molecular formula is C20H22O4. The van der Waals surface area contributed by atoms with Crippen molar-refractivity contribution in [3.63, 3.8) is 0 Å². The van der Waals surface area contributed by atoms with E-state index in [4.69, 9.17) is 18.9 Å². The minimum absolute atomic E-state index is 0.136. The lowest BCUT2D eigenvalue weighted by atomic mass is 9.70. The maximum Gasteiger partial charge on any atom is 0.188 e. The summed E-state index contributed by atoms with van der Waals surface area (Å²) >= 11 is 0. The van der Waals surface area contributed by atoms with Crippen molar-refractivity contribution in [2.75, 3.05) is 0 Å². The molecule has 4 heteroatoms. The number of hydrogen-bond donors (Lipinski definition) is 0. The fraction of sp³-hybridized carbons (Fsp3) is 1.00. The summed E-state index contributed by atoms with van der Waals surface area (Å²) in [6.07, 6.45) is 6.57. The predicted molar refractivity (Wildman–Crippen MR) is 78.3 cm³/mol. The number of rotatable bonds is 0. The minimum Gasteiger partial charge on any atom is -0.346 e. The third-order valence-electron chi connectivity index (χ3n) is 11.2. The summed E-state index contributed by atoms with van der Waals surface area (Å²) in [7, 11) is 0. The van der Waals surface area contributed by atoms with Gasteiger partial charge in [0.25, 0.3) is 0 Å². The van der Waals surface area contributed by atoms with E-state index < -0.39 is 0 Å². The Kier molecular flexibility index (Phi) is 1.37. The Balaban J connectivity index is 1.32. The van der Waals surface area contributed by atoms with E-state index >= 15 is 0 Å². The fourth-order valence-electron chi connectivity index (χ4n) is 11.4. The summed E-state index contributed by atoms with van der Waals surface area (Å²) in [5.41, 5.74) is 0.271. The molecule has 0 unspecified atom stereocenters. The molecule has 0 radical (unpaired) electrons. The standard InChI is InChI=1S/C20H22O4/c1-3-7-9-5(1)13-11-12-14(20(15(9)11)18(21-7)24-20)6-2-4-8-10(6)16(12)19(13)17(22-8)23-19/h5-18H,1-4H2/t5-,6+,7-,8+,9-,10-,11+,12+,13-,14+,15+,16+,17-,18+,19-,20+/m0/s1. The molecule has 4 saturated heterocycles. The Morgan fingerprint density at radius 1 is 0.542 bits per heavy atom. The molecule has 4 aliphatic heterocycles. The van der Waals surface area contributed by atoms with Gasteiger partial charge in [-0.3, -0.25) is 0 Å². The van der Waals surface area contributed by atoms with Crippen LogP contribution in [-0.4, -0.2) is 36.0 Å². The number of epoxide rings is 2. The first-order chi connectivity index (χ1) is 11.9. The average molecular weight is 326 g/mol. The van der Waals surface area contributed by atoms with Crippen LogP contribution in [0.3, 0.4) is 0 Å². The molecule has 16 atom stereocenters. The Morgan fingerprint density at radius 3 is 1.54 bits per heavy atom. The summed E-state index contributed by atoms with van der Waals surface area (Å²) in [6.45, 7) is 0. The summed E-state index contributed by atoms with van der Waals surface area (Å²) in [6, 6.07) is 0. The minimum atomic E-state index is 0.136. The lowest BCUT2D eigenvalue weighted by Gasteiger charge is -2.38. The van der Waals surface area contributed by atoms with Crippen LogP contribution in [0.2, 0.25) is 0 Å². The molecule has 10 fully saturated rings. The van der Waals surface area contributed by atoms with Crippen molar-refractivity contribution in [1.82, 2.24) is 0 Å². The normalized spacial score (nSPS) is 87.0. The lowest BCUT2D eigenvalue weighted by Crippen LogP contribution is -2.47. The molecule has 0 aromatic rings. The van der Waals surface area contributed by atoms with E-state index in [9.17, 15) is 0 Å². The second-order valence-corrected chi connectivity index (χ2v) is 10.9. The monoisotopic (exact) mass is 326 g/mol. The lowest BCUT2D eigenvalue weighted by molar-refractivity contribution is -0.0794. The number of hydrogen-bond acceptors (Lipinski definition) is 4. The molecular weight excluding hydrogens is 304 g/mol. The van der Waals surface area contributed by atoms with Gasteiger partial charge in [-0.1, -0.05) is 0 Å². The second-order valence-electron chi connectivity index (χ2n) is 10.9. The van der Waals surface area contributed by atoms with E-state index in [1.165, 1.54) is 25.7 Å². The maximum atomic E-state index is 6.55. The molecule has 24 heavy (non-hydrogen) atoms. The van der Waals surface area contributed by atoms with Crippen molar-refractivity contribution in [2.45, 2.75) is 61.7 Å². The van der Waals surface area contributed by atoms with Crippen molar-refractivity contribution < 1.29 is 18.9 Å². The molecule has 126 valence electrons. The van der Waals surface area contributed by atoms with Gasteiger partial charge < -0.3 is 18.9 Å². The van der Waals surface area contributed by atoms with Gasteiger partial charge in [-0.25, -0.2) is 0 Å². The van der Waals surface area contributed by atoms with Crippen molar-refractivity contribution in [3.8, 4) is 0 Å². The van der Waals surface area contributed by atoms with E-state index in [0.29, 0.717) is 12.2 Å². The summed E-state index contributed by atoms with van der Waals surface area (Å²) in [5, 5.41) is 0. The van der Waals surface area contributed by atoms with Crippen molar-refractivity contribution >= 4 is 0 Å². The van der Waals surface area contributed by atoms with Crippen molar-refractivity contribution in [2.24, 2.45) is 59.2 Å². The largest absolute Gasteiger partial charge is 0.346 e. The van der Waals surface area contributed by atoms with Gasteiger partial charge >= 0.3 is 0 Å². The quantitative estimate of drug-likeness (QED) is 0.637. The zero-order chi connectivity index (χ0) is 14.7. The molecule has 2 spiro atoms. The van der Waals surface area contributed by atoms with Gasteiger partial charge in [0.15, 0.2) is 12.6 Å². The van der Waals surface area contributed by atoms with Crippen molar-refractivity contribution in [1.29, 1.82) is 0 Å². The zero-order valence-electron chi connectivity index (χ0n) is 13.5. The first-order valence-corrected chi connectivity index (χ1v) is 10.5. The Hall–Kier alpha value is -0.160. The third kappa shape index (κ3) is 0.758. The maximum absolute atomic E-state index is 6.55. The van der Waals surface area contributed by atoms with Gasteiger partial charge in [-0.2, -0.15) is 0 Å². The van der Waals surface area contributed by atoms with Crippen LogP contribution in [0, 0.1) is 59.2 Å². The highest BCUT2D eigenvalue weighted by Crippen LogP contribution is 2.89. The van der Waals surface area contributed by atoms with Crippen LogP contribution in [-0.2, 0) is 18.9 Å². The second kappa shape index (κ2) is 2.85. The Labute approximate surface area is 140 Å².